The second-order valence-electron chi connectivity index (χ2n) is 10.3. The Balaban J connectivity index is 4.26. The molecule has 0 spiro atoms. The van der Waals surface area contributed by atoms with E-state index in [-0.39, 0.29) is 31.6 Å². The van der Waals surface area contributed by atoms with Gasteiger partial charge in [0, 0.05) is 19.3 Å². The van der Waals surface area contributed by atoms with Crippen molar-refractivity contribution in [3.63, 3.8) is 0 Å². The lowest BCUT2D eigenvalue weighted by molar-refractivity contribution is -0.166. The molecule has 0 saturated heterocycles. The van der Waals surface area contributed by atoms with Crippen LogP contribution in [0.4, 0.5) is 0 Å². The van der Waals surface area contributed by atoms with Crippen molar-refractivity contribution >= 4 is 17.9 Å². The molecule has 0 bridgehead atoms. The average Bonchev–Trinajstić information content (AvgIpc) is 3.00. The van der Waals surface area contributed by atoms with Crippen LogP contribution in [0.3, 0.4) is 0 Å². The first-order chi connectivity index (χ1) is 21.0. The van der Waals surface area contributed by atoms with Crippen LogP contribution in [0.1, 0.15) is 124 Å². The van der Waals surface area contributed by atoms with E-state index in [9.17, 15) is 14.4 Å². The van der Waals surface area contributed by atoms with Gasteiger partial charge < -0.3 is 14.2 Å². The molecule has 0 saturated carbocycles. The lowest BCUT2D eigenvalue weighted by Gasteiger charge is -2.18. The summed E-state index contributed by atoms with van der Waals surface area (Å²) in [5.41, 5.74) is 0. The summed E-state index contributed by atoms with van der Waals surface area (Å²) in [5.74, 6) is -1.07. The third kappa shape index (κ3) is 30.1. The lowest BCUT2D eigenvalue weighted by Crippen LogP contribution is -2.30. The number of hydrogen-bond donors (Lipinski definition) is 0. The van der Waals surface area contributed by atoms with E-state index in [1.54, 1.807) is 0 Å². The number of carbonyl (C=O) groups is 3. The third-order valence-electron chi connectivity index (χ3n) is 6.24. The fourth-order valence-electron chi connectivity index (χ4n) is 3.76. The Labute approximate surface area is 262 Å². The molecule has 0 radical (unpaired) electrons. The van der Waals surface area contributed by atoms with Gasteiger partial charge in [0.05, 0.1) is 0 Å². The van der Waals surface area contributed by atoms with Crippen LogP contribution in [-0.2, 0) is 28.6 Å². The van der Waals surface area contributed by atoms with E-state index in [1.165, 1.54) is 0 Å². The zero-order chi connectivity index (χ0) is 31.6. The number of ether oxygens (including phenoxy) is 3. The molecular formula is C37H58O6. The topological polar surface area (TPSA) is 78.9 Å². The molecule has 0 rings (SSSR count). The number of rotatable bonds is 27. The van der Waals surface area contributed by atoms with Crippen molar-refractivity contribution in [1.29, 1.82) is 0 Å². The van der Waals surface area contributed by atoms with Gasteiger partial charge in [0.1, 0.15) is 13.2 Å². The van der Waals surface area contributed by atoms with E-state index >= 15 is 0 Å². The van der Waals surface area contributed by atoms with Crippen LogP contribution >= 0.6 is 0 Å². The van der Waals surface area contributed by atoms with Crippen molar-refractivity contribution in [3.05, 3.63) is 72.9 Å². The van der Waals surface area contributed by atoms with Crippen molar-refractivity contribution in [2.45, 2.75) is 130 Å². The van der Waals surface area contributed by atoms with Gasteiger partial charge >= 0.3 is 17.9 Å². The quantitative estimate of drug-likeness (QED) is 0.0405. The highest BCUT2D eigenvalue weighted by atomic mass is 16.6. The summed E-state index contributed by atoms with van der Waals surface area (Å²) in [6.07, 6.45) is 37.5. The molecule has 0 aliphatic heterocycles. The van der Waals surface area contributed by atoms with Crippen LogP contribution < -0.4 is 0 Å². The first-order valence-electron chi connectivity index (χ1n) is 16.4. The van der Waals surface area contributed by atoms with Gasteiger partial charge in [-0.15, -0.1) is 0 Å². The standard InChI is InChI=1S/C37H58O6/c1-4-7-10-11-12-13-14-15-16-17-18-19-20-21-22-23-24-25-28-31-37(40)43-34(32-41-35(38)29-26-8-5-2)33-42-36(39)30-27-9-6-3/h7,10,12-13,15-16,18-19,21-22,24-25,34H,4-6,8-9,11,14,17,20,23,26-33H2,1-3H3/b10-7-,13-12-,16-15-,19-18-,22-21-,25-24-. The Morgan fingerprint density at radius 1 is 0.488 bits per heavy atom. The average molecular weight is 599 g/mol. The summed E-state index contributed by atoms with van der Waals surface area (Å²) in [4.78, 5) is 36.4. The number of carbonyl (C=O) groups excluding carboxylic acids is 3. The van der Waals surface area contributed by atoms with Crippen LogP contribution in [0, 0.1) is 0 Å². The van der Waals surface area contributed by atoms with Crippen LogP contribution in [0.15, 0.2) is 72.9 Å². The number of hydrogen-bond acceptors (Lipinski definition) is 6. The number of esters is 3. The first-order valence-corrected chi connectivity index (χ1v) is 16.4. The summed E-state index contributed by atoms with van der Waals surface area (Å²) >= 11 is 0. The molecule has 242 valence electrons. The predicted molar refractivity (Wildman–Crippen MR) is 178 cm³/mol. The molecule has 0 atom stereocenters. The van der Waals surface area contributed by atoms with E-state index in [4.69, 9.17) is 14.2 Å². The minimum Gasteiger partial charge on any atom is -0.462 e. The van der Waals surface area contributed by atoms with Crippen LogP contribution in [-0.4, -0.2) is 37.2 Å². The molecule has 0 aliphatic rings. The normalized spacial score (nSPS) is 12.3. The zero-order valence-corrected chi connectivity index (χ0v) is 27.2. The van der Waals surface area contributed by atoms with Crippen molar-refractivity contribution in [1.82, 2.24) is 0 Å². The van der Waals surface area contributed by atoms with Crippen molar-refractivity contribution in [3.8, 4) is 0 Å². The molecule has 0 amide bonds. The molecular weight excluding hydrogens is 540 g/mol. The first kappa shape index (κ1) is 39.8. The maximum atomic E-state index is 12.4. The Bertz CT molecular complexity index is 852. The third-order valence-corrected chi connectivity index (χ3v) is 6.24. The second kappa shape index (κ2) is 31.8. The van der Waals surface area contributed by atoms with E-state index < -0.39 is 12.1 Å². The fourth-order valence-corrected chi connectivity index (χ4v) is 3.76. The largest absolute Gasteiger partial charge is 0.462 e. The fraction of sp³-hybridized carbons (Fsp3) is 0.595. The highest BCUT2D eigenvalue weighted by Crippen LogP contribution is 2.07. The Morgan fingerprint density at radius 2 is 0.884 bits per heavy atom. The molecule has 0 aromatic heterocycles. The van der Waals surface area contributed by atoms with Crippen molar-refractivity contribution in [2.24, 2.45) is 0 Å². The molecule has 0 fully saturated rings. The molecule has 0 N–H and O–H groups in total. The summed E-state index contributed by atoms with van der Waals surface area (Å²) in [6, 6.07) is 0. The van der Waals surface area contributed by atoms with E-state index in [1.807, 2.05) is 12.2 Å². The van der Waals surface area contributed by atoms with Crippen LogP contribution in [0.5, 0.6) is 0 Å². The summed E-state index contributed by atoms with van der Waals surface area (Å²) in [5, 5.41) is 0. The van der Waals surface area contributed by atoms with E-state index in [0.29, 0.717) is 19.3 Å². The lowest BCUT2D eigenvalue weighted by atomic mass is 10.2. The van der Waals surface area contributed by atoms with Gasteiger partial charge in [0.2, 0.25) is 0 Å². The second-order valence-corrected chi connectivity index (χ2v) is 10.3. The van der Waals surface area contributed by atoms with Crippen molar-refractivity contribution in [2.75, 3.05) is 13.2 Å². The maximum absolute atomic E-state index is 12.4. The smallest absolute Gasteiger partial charge is 0.306 e. The van der Waals surface area contributed by atoms with Gasteiger partial charge in [-0.25, -0.2) is 0 Å². The SMILES string of the molecule is CC/C=C\C/C=C\C/C=C\C/C=C\C/C=C\C/C=C\CCC(=O)OC(COC(=O)CCCCC)COC(=O)CCCCC. The van der Waals surface area contributed by atoms with Gasteiger partial charge in [-0.3, -0.25) is 14.4 Å². The van der Waals surface area contributed by atoms with Crippen molar-refractivity contribution < 1.29 is 28.6 Å². The molecule has 0 aromatic rings. The molecule has 6 nitrogen and oxygen atoms in total. The minimum absolute atomic E-state index is 0.112. The maximum Gasteiger partial charge on any atom is 0.306 e. The van der Waals surface area contributed by atoms with Gasteiger partial charge in [-0.2, -0.15) is 0 Å². The molecule has 0 heterocycles. The highest BCUT2D eigenvalue weighted by molar-refractivity contribution is 5.71. The summed E-state index contributed by atoms with van der Waals surface area (Å²) < 4.78 is 16.1. The molecule has 6 heteroatoms. The van der Waals surface area contributed by atoms with E-state index in [2.05, 4.69) is 81.5 Å². The Kier molecular flexibility index (Phi) is 29.5. The molecule has 43 heavy (non-hydrogen) atoms. The molecule has 0 aliphatic carbocycles. The van der Waals surface area contributed by atoms with Gasteiger partial charge in [-0.1, -0.05) is 119 Å². The zero-order valence-electron chi connectivity index (χ0n) is 27.2. The Morgan fingerprint density at radius 3 is 1.28 bits per heavy atom. The summed E-state index contributed by atoms with van der Waals surface area (Å²) in [6.45, 7) is 6.05. The van der Waals surface area contributed by atoms with Crippen LogP contribution in [0.2, 0.25) is 0 Å². The highest BCUT2D eigenvalue weighted by Gasteiger charge is 2.19. The molecule has 0 aromatic carbocycles. The number of allylic oxidation sites excluding steroid dienone is 12. The minimum atomic E-state index is -0.803. The number of unbranched alkanes of at least 4 members (excludes halogenated alkanes) is 4. The summed E-state index contributed by atoms with van der Waals surface area (Å²) in [7, 11) is 0. The predicted octanol–water partition coefficient (Wildman–Crippen LogP) is 9.62. The van der Waals surface area contributed by atoms with Crippen LogP contribution in [0.25, 0.3) is 0 Å². The Hall–Kier alpha value is -3.15. The van der Waals surface area contributed by atoms with E-state index in [0.717, 1.165) is 77.0 Å². The van der Waals surface area contributed by atoms with Gasteiger partial charge in [-0.05, 0) is 57.8 Å². The van der Waals surface area contributed by atoms with Gasteiger partial charge in [0.15, 0.2) is 6.10 Å². The molecule has 0 unspecified atom stereocenters. The van der Waals surface area contributed by atoms with Gasteiger partial charge in [0.25, 0.3) is 0 Å². The monoisotopic (exact) mass is 598 g/mol.